The number of hydrogen-bond acceptors (Lipinski definition) is 5. The van der Waals surface area contributed by atoms with Crippen LogP contribution in [0.15, 0.2) is 47.4 Å². The summed E-state index contributed by atoms with van der Waals surface area (Å²) in [5.74, 6) is -0.442. The summed E-state index contributed by atoms with van der Waals surface area (Å²) in [5.41, 5.74) is -0.139. The number of fused-ring (bicyclic) bond motifs is 1. The van der Waals surface area contributed by atoms with Crippen molar-refractivity contribution in [2.75, 3.05) is 22.7 Å². The molecule has 0 spiro atoms. The maximum absolute atomic E-state index is 13.5. The van der Waals surface area contributed by atoms with Crippen molar-refractivity contribution in [3.8, 4) is 5.75 Å². The topological polar surface area (TPSA) is 125 Å². The van der Waals surface area contributed by atoms with Crippen molar-refractivity contribution < 1.29 is 32.2 Å². The van der Waals surface area contributed by atoms with Crippen molar-refractivity contribution in [3.63, 3.8) is 0 Å². The summed E-state index contributed by atoms with van der Waals surface area (Å²) in [4.78, 5) is 23.7. The molecule has 0 saturated heterocycles. The molecule has 1 aliphatic carbocycles. The maximum Gasteiger partial charge on any atom is 0.409 e. The molecule has 2 aliphatic rings. The fourth-order valence-electron chi connectivity index (χ4n) is 4.38. The zero-order valence-corrected chi connectivity index (χ0v) is 19.4. The summed E-state index contributed by atoms with van der Waals surface area (Å²) < 4.78 is 47.4. The number of anilines is 2. The van der Waals surface area contributed by atoms with Crippen molar-refractivity contribution in [2.45, 2.75) is 43.6 Å². The molecule has 1 aliphatic heterocycles. The number of amides is 2. The van der Waals surface area contributed by atoms with E-state index in [9.17, 15) is 22.4 Å². The van der Waals surface area contributed by atoms with E-state index in [1.54, 1.807) is 0 Å². The number of nitrogens with one attached hydrogen (secondary N) is 2. The van der Waals surface area contributed by atoms with E-state index < -0.39 is 33.5 Å². The van der Waals surface area contributed by atoms with E-state index >= 15 is 0 Å². The van der Waals surface area contributed by atoms with Gasteiger partial charge in [-0.2, -0.15) is 0 Å². The van der Waals surface area contributed by atoms with Gasteiger partial charge in [0, 0.05) is 11.1 Å². The van der Waals surface area contributed by atoms with Crippen LogP contribution in [0.1, 0.15) is 32.6 Å². The van der Waals surface area contributed by atoms with Gasteiger partial charge in [0.15, 0.2) is 0 Å². The van der Waals surface area contributed by atoms with E-state index in [4.69, 9.17) is 9.84 Å². The largest absolute Gasteiger partial charge is 0.484 e. The molecule has 2 amide bonds. The Balaban J connectivity index is 1.63. The average Bonchev–Trinajstić information content (AvgIpc) is 3.24. The highest BCUT2D eigenvalue weighted by Crippen LogP contribution is 2.40. The monoisotopic (exact) mass is 491 g/mol. The van der Waals surface area contributed by atoms with Crippen molar-refractivity contribution in [2.24, 2.45) is 5.41 Å². The molecular weight excluding hydrogens is 465 g/mol. The number of halogens is 1. The molecule has 0 bridgehead atoms. The van der Waals surface area contributed by atoms with Gasteiger partial charge >= 0.3 is 6.09 Å². The zero-order chi connectivity index (χ0) is 24.5. The second-order valence-corrected chi connectivity index (χ2v) is 10.7. The summed E-state index contributed by atoms with van der Waals surface area (Å²) in [6, 6.07) is 8.72. The van der Waals surface area contributed by atoms with Crippen LogP contribution in [0.5, 0.6) is 5.75 Å². The van der Waals surface area contributed by atoms with Crippen LogP contribution < -0.4 is 19.7 Å². The smallest absolute Gasteiger partial charge is 0.409 e. The number of carboxylic acid groups (broad SMARTS) is 1. The first-order valence-electron chi connectivity index (χ1n) is 11.0. The van der Waals surface area contributed by atoms with E-state index in [0.717, 1.165) is 54.3 Å². The molecule has 1 atom stereocenters. The average molecular weight is 492 g/mol. The number of sulfonamides is 1. The minimum atomic E-state index is -4.14. The van der Waals surface area contributed by atoms with Crippen molar-refractivity contribution >= 4 is 33.4 Å². The molecule has 182 valence electrons. The van der Waals surface area contributed by atoms with Gasteiger partial charge in [0.1, 0.15) is 17.7 Å². The van der Waals surface area contributed by atoms with Crippen LogP contribution >= 0.6 is 0 Å². The van der Waals surface area contributed by atoms with Crippen LogP contribution in [0.25, 0.3) is 0 Å². The molecule has 2 aromatic carbocycles. The Kier molecular flexibility index (Phi) is 6.39. The summed E-state index contributed by atoms with van der Waals surface area (Å²) in [6.07, 6.45) is 1.61. The van der Waals surface area contributed by atoms with Gasteiger partial charge in [0.25, 0.3) is 10.0 Å². The lowest BCUT2D eigenvalue weighted by atomic mass is 9.88. The van der Waals surface area contributed by atoms with Gasteiger partial charge < -0.3 is 15.2 Å². The normalized spacial score (nSPS) is 19.1. The number of benzene rings is 2. The Hall–Kier alpha value is -3.34. The van der Waals surface area contributed by atoms with Crippen LogP contribution in [0, 0.1) is 11.2 Å². The van der Waals surface area contributed by atoms with Crippen LogP contribution in [-0.4, -0.2) is 44.7 Å². The zero-order valence-electron chi connectivity index (χ0n) is 18.6. The van der Waals surface area contributed by atoms with E-state index in [2.05, 4.69) is 10.6 Å². The molecule has 1 unspecified atom stereocenters. The molecular formula is C23H26FN3O6S. The molecule has 0 aromatic heterocycles. The number of hydrogen-bond donors (Lipinski definition) is 3. The molecule has 4 rings (SSSR count). The van der Waals surface area contributed by atoms with Gasteiger partial charge in [0.05, 0.1) is 23.7 Å². The molecule has 1 heterocycles. The quantitative estimate of drug-likeness (QED) is 0.567. The molecule has 11 heteroatoms. The predicted molar refractivity (Wildman–Crippen MR) is 123 cm³/mol. The standard InChI is InChI=1S/C23H26FN3O6S/c1-23(10-2-3-11-23)21(28)25-13-17-14-27(34(31,32)18-7-4-15(24)5-8-18)19-12-16(26-22(29)30)6-9-20(19)33-17/h4-9,12,17,26H,2-3,10-11,13-14H2,1H3,(H,25,28)(H,29,30). The van der Waals surface area contributed by atoms with Crippen molar-refractivity contribution in [3.05, 3.63) is 48.3 Å². The van der Waals surface area contributed by atoms with Gasteiger partial charge in [-0.25, -0.2) is 17.6 Å². The number of carbonyl (C=O) groups excluding carboxylic acids is 1. The van der Waals surface area contributed by atoms with Crippen LogP contribution in [0.4, 0.5) is 20.6 Å². The Bertz CT molecular complexity index is 1200. The fourth-order valence-corrected chi connectivity index (χ4v) is 5.88. The SMILES string of the molecule is CC1(C(=O)NCC2CN(S(=O)(=O)c3ccc(F)cc3)c3cc(NC(=O)O)ccc3O2)CCCC1. The van der Waals surface area contributed by atoms with Crippen LogP contribution in [0.2, 0.25) is 0 Å². The maximum atomic E-state index is 13.5. The Morgan fingerprint density at radius 2 is 1.85 bits per heavy atom. The highest BCUT2D eigenvalue weighted by atomic mass is 32.2. The van der Waals surface area contributed by atoms with Crippen molar-refractivity contribution in [1.29, 1.82) is 0 Å². The van der Waals surface area contributed by atoms with Gasteiger partial charge in [-0.15, -0.1) is 0 Å². The molecule has 1 saturated carbocycles. The predicted octanol–water partition coefficient (Wildman–Crippen LogP) is 3.57. The molecule has 9 nitrogen and oxygen atoms in total. The first-order valence-corrected chi connectivity index (χ1v) is 12.4. The Morgan fingerprint density at radius 3 is 2.50 bits per heavy atom. The minimum Gasteiger partial charge on any atom is -0.484 e. The summed E-state index contributed by atoms with van der Waals surface area (Å²) in [6.45, 7) is 1.90. The lowest BCUT2D eigenvalue weighted by Crippen LogP contribution is -2.50. The summed E-state index contributed by atoms with van der Waals surface area (Å²) in [5, 5.41) is 14.1. The third kappa shape index (κ3) is 4.79. The second kappa shape index (κ2) is 9.13. The number of rotatable bonds is 6. The summed E-state index contributed by atoms with van der Waals surface area (Å²) in [7, 11) is -4.14. The Labute approximate surface area is 197 Å². The second-order valence-electron chi connectivity index (χ2n) is 8.82. The molecule has 1 fully saturated rings. The number of nitrogens with zero attached hydrogens (tertiary/aromatic N) is 1. The highest BCUT2D eigenvalue weighted by Gasteiger charge is 2.38. The van der Waals surface area contributed by atoms with E-state index in [1.165, 1.54) is 18.2 Å². The summed E-state index contributed by atoms with van der Waals surface area (Å²) >= 11 is 0. The fraction of sp³-hybridized carbons (Fsp3) is 0.391. The molecule has 3 N–H and O–H groups in total. The van der Waals surface area contributed by atoms with Gasteiger partial charge in [-0.05, 0) is 55.3 Å². The van der Waals surface area contributed by atoms with E-state index in [-0.39, 0.29) is 41.0 Å². The van der Waals surface area contributed by atoms with Crippen LogP contribution in [0.3, 0.4) is 0 Å². The first-order chi connectivity index (χ1) is 16.1. The highest BCUT2D eigenvalue weighted by molar-refractivity contribution is 7.92. The van der Waals surface area contributed by atoms with Gasteiger partial charge in [0.2, 0.25) is 5.91 Å². The molecule has 0 radical (unpaired) electrons. The Morgan fingerprint density at radius 1 is 1.18 bits per heavy atom. The number of ether oxygens (including phenoxy) is 1. The van der Waals surface area contributed by atoms with Crippen LogP contribution in [-0.2, 0) is 14.8 Å². The number of carbonyl (C=O) groups is 2. The first kappa shape index (κ1) is 23.8. The lowest BCUT2D eigenvalue weighted by molar-refractivity contribution is -0.130. The third-order valence-corrected chi connectivity index (χ3v) is 8.08. The van der Waals surface area contributed by atoms with Crippen molar-refractivity contribution in [1.82, 2.24) is 5.32 Å². The lowest BCUT2D eigenvalue weighted by Gasteiger charge is -2.36. The molecule has 34 heavy (non-hydrogen) atoms. The van der Waals surface area contributed by atoms with E-state index in [0.29, 0.717) is 0 Å². The van der Waals surface area contributed by atoms with Gasteiger partial charge in [-0.3, -0.25) is 14.4 Å². The molecule has 2 aromatic rings. The minimum absolute atomic E-state index is 0.0895. The van der Waals surface area contributed by atoms with Gasteiger partial charge in [-0.1, -0.05) is 19.8 Å². The van der Waals surface area contributed by atoms with E-state index in [1.807, 2.05) is 6.92 Å². The third-order valence-electron chi connectivity index (χ3n) is 6.29.